The summed E-state index contributed by atoms with van der Waals surface area (Å²) in [4.78, 5) is 22.8. The normalized spacial score (nSPS) is 24.0. The molecule has 2 N–H and O–H groups in total. The van der Waals surface area contributed by atoms with Gasteiger partial charge in [0.2, 0.25) is 5.91 Å². The molecule has 2 atom stereocenters. The van der Waals surface area contributed by atoms with Gasteiger partial charge in [-0.05, 0) is 37.1 Å². The van der Waals surface area contributed by atoms with Crippen LogP contribution in [0.1, 0.15) is 24.8 Å². The zero-order valence-corrected chi connectivity index (χ0v) is 13.1. The summed E-state index contributed by atoms with van der Waals surface area (Å²) in [6.07, 6.45) is 2.36. The molecule has 0 radical (unpaired) electrons. The van der Waals surface area contributed by atoms with Crippen LogP contribution in [0.25, 0.3) is 0 Å². The minimum Gasteiger partial charge on any atom is -0.490 e. The Balaban J connectivity index is 1.58. The highest BCUT2D eigenvalue weighted by Gasteiger charge is 2.48. The molecule has 3 rings (SSSR count). The predicted octanol–water partition coefficient (Wildman–Crippen LogP) is 2.21. The highest BCUT2D eigenvalue weighted by Crippen LogP contribution is 2.39. The molecule has 6 heteroatoms. The van der Waals surface area contributed by atoms with Crippen molar-refractivity contribution in [3.8, 4) is 5.75 Å². The second kappa shape index (κ2) is 6.58. The fourth-order valence-electron chi connectivity index (χ4n) is 2.83. The van der Waals surface area contributed by atoms with Crippen LogP contribution in [0.2, 0.25) is 0 Å². The molecule has 1 aromatic carbocycles. The molecule has 1 amide bonds. The van der Waals surface area contributed by atoms with Crippen molar-refractivity contribution in [2.45, 2.75) is 32.3 Å². The summed E-state index contributed by atoms with van der Waals surface area (Å²) in [5.74, 6) is -1.26. The van der Waals surface area contributed by atoms with Crippen LogP contribution < -0.4 is 10.1 Å². The quantitative estimate of drug-likeness (QED) is 0.869. The molecule has 2 fully saturated rings. The van der Waals surface area contributed by atoms with Crippen LogP contribution in [0, 0.1) is 18.8 Å². The fourth-order valence-corrected chi connectivity index (χ4v) is 2.83. The molecule has 0 aromatic heterocycles. The zero-order chi connectivity index (χ0) is 16.4. The molecule has 0 unspecified atom stereocenters. The number of aryl methyl sites for hydroxylation is 1. The summed E-state index contributed by atoms with van der Waals surface area (Å²) in [5, 5.41) is 11.7. The van der Waals surface area contributed by atoms with Crippen molar-refractivity contribution in [2.24, 2.45) is 11.8 Å². The van der Waals surface area contributed by atoms with Crippen LogP contribution >= 0.6 is 0 Å². The number of hydrogen-bond donors (Lipinski definition) is 2. The van der Waals surface area contributed by atoms with Crippen molar-refractivity contribution in [1.82, 2.24) is 0 Å². The number of carboxylic acid groups (broad SMARTS) is 1. The van der Waals surface area contributed by atoms with Gasteiger partial charge in [-0.3, -0.25) is 9.59 Å². The standard InChI is InChI=1S/C17H21NO5/c1-10-8-11(18-16(19)13-9-14(13)17(20)21)2-3-15(10)23-12-4-6-22-7-5-12/h2-3,8,12-14H,4-7,9H2,1H3,(H,18,19)(H,20,21)/t13-,14-/m0/s1. The fraction of sp³-hybridized carbons (Fsp3) is 0.529. The lowest BCUT2D eigenvalue weighted by atomic mass is 10.1. The van der Waals surface area contributed by atoms with Gasteiger partial charge in [-0.1, -0.05) is 0 Å². The van der Waals surface area contributed by atoms with E-state index in [0.29, 0.717) is 12.1 Å². The van der Waals surface area contributed by atoms with Gasteiger partial charge in [-0.2, -0.15) is 0 Å². The molecule has 1 aliphatic carbocycles. The first kappa shape index (κ1) is 15.8. The van der Waals surface area contributed by atoms with E-state index in [-0.39, 0.29) is 12.0 Å². The Bertz CT molecular complexity index is 609. The third-order valence-corrected chi connectivity index (χ3v) is 4.35. The Morgan fingerprint density at radius 1 is 1.26 bits per heavy atom. The number of carbonyl (C=O) groups is 2. The van der Waals surface area contributed by atoms with Gasteiger partial charge in [-0.15, -0.1) is 0 Å². The average molecular weight is 319 g/mol. The number of aliphatic carboxylic acids is 1. The lowest BCUT2D eigenvalue weighted by Crippen LogP contribution is -2.26. The highest BCUT2D eigenvalue weighted by molar-refractivity contribution is 5.98. The number of amides is 1. The molecule has 1 aromatic rings. The number of hydrogen-bond acceptors (Lipinski definition) is 4. The summed E-state index contributed by atoms with van der Waals surface area (Å²) >= 11 is 0. The molecule has 1 saturated carbocycles. The number of rotatable bonds is 5. The second-order valence-electron chi connectivity index (χ2n) is 6.19. The predicted molar refractivity (Wildman–Crippen MR) is 83.5 cm³/mol. The molecule has 23 heavy (non-hydrogen) atoms. The molecule has 0 spiro atoms. The largest absolute Gasteiger partial charge is 0.490 e. The average Bonchev–Trinajstić information content (AvgIpc) is 3.32. The van der Waals surface area contributed by atoms with Gasteiger partial charge in [-0.25, -0.2) is 0 Å². The minimum atomic E-state index is -0.901. The Morgan fingerprint density at radius 3 is 2.61 bits per heavy atom. The van der Waals surface area contributed by atoms with Gasteiger partial charge in [0.05, 0.1) is 25.0 Å². The number of ether oxygens (including phenoxy) is 2. The van der Waals surface area contributed by atoms with Gasteiger partial charge in [0.1, 0.15) is 11.9 Å². The molecule has 6 nitrogen and oxygen atoms in total. The molecule has 1 heterocycles. The monoisotopic (exact) mass is 319 g/mol. The summed E-state index contributed by atoms with van der Waals surface area (Å²) < 4.78 is 11.3. The summed E-state index contributed by atoms with van der Waals surface area (Å²) in [7, 11) is 0. The maximum Gasteiger partial charge on any atom is 0.307 e. The molecule has 124 valence electrons. The Kier molecular flexibility index (Phi) is 4.52. The van der Waals surface area contributed by atoms with E-state index in [1.54, 1.807) is 6.07 Å². The van der Waals surface area contributed by atoms with Crippen molar-refractivity contribution < 1.29 is 24.2 Å². The van der Waals surface area contributed by atoms with Crippen molar-refractivity contribution in [3.05, 3.63) is 23.8 Å². The van der Waals surface area contributed by atoms with E-state index in [2.05, 4.69) is 5.32 Å². The summed E-state index contributed by atoms with van der Waals surface area (Å²) in [6, 6.07) is 5.49. The SMILES string of the molecule is Cc1cc(NC(=O)[C@H]2C[C@@H]2C(=O)O)ccc1OC1CCOCC1. The topological polar surface area (TPSA) is 84.9 Å². The first-order valence-electron chi connectivity index (χ1n) is 7.93. The van der Waals surface area contributed by atoms with Gasteiger partial charge in [0.15, 0.2) is 0 Å². The van der Waals surface area contributed by atoms with Crippen LogP contribution in [0.4, 0.5) is 5.69 Å². The van der Waals surface area contributed by atoms with Crippen LogP contribution in [0.5, 0.6) is 5.75 Å². The van der Waals surface area contributed by atoms with E-state index in [1.807, 2.05) is 19.1 Å². The first-order valence-corrected chi connectivity index (χ1v) is 7.93. The Hall–Kier alpha value is -2.08. The molecular weight excluding hydrogens is 298 g/mol. The lowest BCUT2D eigenvalue weighted by molar-refractivity contribution is -0.139. The maximum atomic E-state index is 12.0. The molecule has 1 saturated heterocycles. The minimum absolute atomic E-state index is 0.172. The van der Waals surface area contributed by atoms with E-state index >= 15 is 0 Å². The number of carbonyl (C=O) groups excluding carboxylic acids is 1. The third-order valence-electron chi connectivity index (χ3n) is 4.35. The van der Waals surface area contributed by atoms with Crippen molar-refractivity contribution in [1.29, 1.82) is 0 Å². The first-order chi connectivity index (χ1) is 11.0. The molecule has 1 aliphatic heterocycles. The number of carboxylic acids is 1. The third kappa shape index (κ3) is 3.82. The Labute approximate surface area is 134 Å². The van der Waals surface area contributed by atoms with Gasteiger partial charge in [0, 0.05) is 18.5 Å². The van der Waals surface area contributed by atoms with Crippen molar-refractivity contribution in [2.75, 3.05) is 18.5 Å². The summed E-state index contributed by atoms with van der Waals surface area (Å²) in [6.45, 7) is 3.38. The van der Waals surface area contributed by atoms with Crippen LogP contribution in [0.15, 0.2) is 18.2 Å². The Morgan fingerprint density at radius 2 is 2.00 bits per heavy atom. The smallest absolute Gasteiger partial charge is 0.307 e. The van der Waals surface area contributed by atoms with E-state index < -0.39 is 17.8 Å². The lowest BCUT2D eigenvalue weighted by Gasteiger charge is -2.24. The number of anilines is 1. The van der Waals surface area contributed by atoms with E-state index in [4.69, 9.17) is 14.6 Å². The number of benzene rings is 1. The van der Waals surface area contributed by atoms with Crippen molar-refractivity contribution >= 4 is 17.6 Å². The molecule has 2 aliphatic rings. The van der Waals surface area contributed by atoms with Gasteiger partial charge < -0.3 is 19.9 Å². The van der Waals surface area contributed by atoms with E-state index in [9.17, 15) is 9.59 Å². The zero-order valence-electron chi connectivity index (χ0n) is 13.1. The van der Waals surface area contributed by atoms with Crippen molar-refractivity contribution in [3.63, 3.8) is 0 Å². The van der Waals surface area contributed by atoms with Crippen LogP contribution in [0.3, 0.4) is 0 Å². The molecule has 0 bridgehead atoms. The molecular formula is C17H21NO5. The van der Waals surface area contributed by atoms with Gasteiger partial charge >= 0.3 is 5.97 Å². The number of nitrogens with one attached hydrogen (secondary N) is 1. The van der Waals surface area contributed by atoms with Gasteiger partial charge in [0.25, 0.3) is 0 Å². The van der Waals surface area contributed by atoms with E-state index in [1.165, 1.54) is 0 Å². The second-order valence-corrected chi connectivity index (χ2v) is 6.19. The van der Waals surface area contributed by atoms with Crippen LogP contribution in [-0.4, -0.2) is 36.3 Å². The van der Waals surface area contributed by atoms with Crippen LogP contribution in [-0.2, 0) is 14.3 Å². The maximum absolute atomic E-state index is 12.0. The van der Waals surface area contributed by atoms with E-state index in [0.717, 1.165) is 37.4 Å². The highest BCUT2D eigenvalue weighted by atomic mass is 16.5. The summed E-state index contributed by atoms with van der Waals surface area (Å²) in [5.41, 5.74) is 1.61.